The Hall–Kier alpha value is -1.26. The molecule has 0 rings (SSSR count). The molecule has 0 fully saturated rings. The van der Waals surface area contributed by atoms with Gasteiger partial charge in [-0.2, -0.15) is 0 Å². The van der Waals surface area contributed by atoms with Crippen LogP contribution in [0.3, 0.4) is 0 Å². The van der Waals surface area contributed by atoms with Gasteiger partial charge in [0.15, 0.2) is 0 Å². The molecule has 0 atom stereocenters. The Bertz CT molecular complexity index is 171. The molecule has 4 N–H and O–H groups in total. The molecule has 0 saturated heterocycles. The fourth-order valence-electron chi connectivity index (χ4n) is 0.813. The van der Waals surface area contributed by atoms with E-state index in [9.17, 15) is 4.79 Å². The van der Waals surface area contributed by atoms with Gasteiger partial charge in [-0.25, -0.2) is 4.79 Å². The summed E-state index contributed by atoms with van der Waals surface area (Å²) in [6.45, 7) is 2.72. The van der Waals surface area contributed by atoms with Gasteiger partial charge < -0.3 is 15.8 Å². The molecule has 1 amide bonds. The van der Waals surface area contributed by atoms with Crippen molar-refractivity contribution in [3.8, 4) is 0 Å². The lowest BCUT2D eigenvalue weighted by Crippen LogP contribution is -2.25. The largest absolute Gasteiger partial charge is 0.450 e. The molecule has 0 aromatic rings. The number of hydrogen-bond donors (Lipinski definition) is 3. The maximum atomic E-state index is 10.7. The minimum Gasteiger partial charge on any atom is -0.450 e. The van der Waals surface area contributed by atoms with Crippen LogP contribution in [0.15, 0.2) is 0 Å². The molecule has 0 radical (unpaired) electrons. The molecule has 0 spiro atoms. The summed E-state index contributed by atoms with van der Waals surface area (Å²) in [5, 5.41) is 9.53. The number of amidine groups is 1. The van der Waals surface area contributed by atoms with Gasteiger partial charge in [-0.3, -0.25) is 5.41 Å². The maximum absolute atomic E-state index is 10.7. The van der Waals surface area contributed by atoms with Crippen molar-refractivity contribution < 1.29 is 9.53 Å². The van der Waals surface area contributed by atoms with Crippen LogP contribution in [-0.2, 0) is 4.74 Å². The van der Waals surface area contributed by atoms with Crippen LogP contribution in [0.2, 0.25) is 0 Å². The van der Waals surface area contributed by atoms with Gasteiger partial charge in [-0.15, -0.1) is 0 Å². The zero-order valence-electron chi connectivity index (χ0n) is 7.93. The number of ether oxygens (including phenoxy) is 1. The molecule has 0 aliphatic rings. The predicted molar refractivity (Wildman–Crippen MR) is 50.8 cm³/mol. The van der Waals surface area contributed by atoms with Crippen molar-refractivity contribution in [3.05, 3.63) is 0 Å². The molecule has 0 aliphatic carbocycles. The molecule has 76 valence electrons. The first kappa shape index (κ1) is 11.7. The number of unbranched alkanes of at least 4 members (excludes halogenated alkanes) is 1. The minimum absolute atomic E-state index is 0.191. The zero-order valence-corrected chi connectivity index (χ0v) is 7.93. The maximum Gasteiger partial charge on any atom is 0.407 e. The van der Waals surface area contributed by atoms with Gasteiger partial charge in [-0.1, -0.05) is 0 Å². The molecule has 13 heavy (non-hydrogen) atoms. The standard InChI is InChI=1S/C8H17N3O2/c1-2-13-8(12)11-6-4-3-5-7(9)10/h2-6H2,1H3,(H3,9,10)(H,11,12). The Labute approximate surface area is 78.1 Å². The SMILES string of the molecule is CCOC(=O)NCCCCC(=N)N. The number of nitrogens with one attached hydrogen (secondary N) is 2. The molecule has 5 nitrogen and oxygen atoms in total. The summed E-state index contributed by atoms with van der Waals surface area (Å²) in [5.41, 5.74) is 5.15. The number of hydrogen-bond acceptors (Lipinski definition) is 3. The van der Waals surface area contributed by atoms with Crippen LogP contribution >= 0.6 is 0 Å². The van der Waals surface area contributed by atoms with Crippen molar-refractivity contribution in [2.24, 2.45) is 5.73 Å². The number of nitrogens with two attached hydrogens (primary N) is 1. The Kier molecular flexibility index (Phi) is 6.68. The van der Waals surface area contributed by atoms with Crippen molar-refractivity contribution in [1.29, 1.82) is 5.41 Å². The number of amides is 1. The number of alkyl carbamates (subject to hydrolysis) is 1. The Morgan fingerprint density at radius 1 is 1.54 bits per heavy atom. The zero-order chi connectivity index (χ0) is 10.1. The lowest BCUT2D eigenvalue weighted by Gasteiger charge is -2.04. The van der Waals surface area contributed by atoms with Gasteiger partial charge in [0.05, 0.1) is 12.4 Å². The highest BCUT2D eigenvalue weighted by atomic mass is 16.5. The predicted octanol–water partition coefficient (Wildman–Crippen LogP) is 0.839. The normalized spacial score (nSPS) is 9.31. The van der Waals surface area contributed by atoms with Gasteiger partial charge in [0, 0.05) is 13.0 Å². The van der Waals surface area contributed by atoms with Crippen molar-refractivity contribution in [3.63, 3.8) is 0 Å². The number of rotatable bonds is 6. The van der Waals surface area contributed by atoms with Crippen LogP contribution in [0.1, 0.15) is 26.2 Å². The van der Waals surface area contributed by atoms with Crippen molar-refractivity contribution >= 4 is 11.9 Å². The Morgan fingerprint density at radius 3 is 2.77 bits per heavy atom. The lowest BCUT2D eigenvalue weighted by atomic mass is 10.2. The van der Waals surface area contributed by atoms with E-state index in [2.05, 4.69) is 10.1 Å². The van der Waals surface area contributed by atoms with Crippen LogP contribution in [-0.4, -0.2) is 25.1 Å². The first-order chi connectivity index (χ1) is 6.16. The minimum atomic E-state index is -0.384. The third-order valence-corrected chi connectivity index (χ3v) is 1.42. The van der Waals surface area contributed by atoms with Gasteiger partial charge in [0.25, 0.3) is 0 Å². The third kappa shape index (κ3) is 8.65. The van der Waals surface area contributed by atoms with E-state index in [1.54, 1.807) is 6.92 Å². The van der Waals surface area contributed by atoms with Crippen LogP contribution in [0, 0.1) is 5.41 Å². The van der Waals surface area contributed by atoms with Gasteiger partial charge >= 0.3 is 6.09 Å². The number of carbonyl (C=O) groups excluding carboxylic acids is 1. The second-order valence-electron chi connectivity index (χ2n) is 2.63. The molecule has 0 bridgehead atoms. The van der Waals surface area contributed by atoms with Crippen LogP contribution in [0.4, 0.5) is 4.79 Å². The van der Waals surface area contributed by atoms with Crippen LogP contribution in [0.25, 0.3) is 0 Å². The molecular weight excluding hydrogens is 170 g/mol. The van der Waals surface area contributed by atoms with Crippen molar-refractivity contribution in [2.75, 3.05) is 13.2 Å². The second kappa shape index (κ2) is 7.39. The highest BCUT2D eigenvalue weighted by molar-refractivity contribution is 5.76. The van der Waals surface area contributed by atoms with Crippen molar-refractivity contribution in [1.82, 2.24) is 5.32 Å². The fourth-order valence-corrected chi connectivity index (χ4v) is 0.813. The smallest absolute Gasteiger partial charge is 0.407 e. The van der Waals surface area contributed by atoms with Crippen molar-refractivity contribution in [2.45, 2.75) is 26.2 Å². The number of carbonyl (C=O) groups is 1. The molecule has 0 unspecified atom stereocenters. The highest BCUT2D eigenvalue weighted by Crippen LogP contribution is 1.92. The monoisotopic (exact) mass is 187 g/mol. The summed E-state index contributed by atoms with van der Waals surface area (Å²) >= 11 is 0. The van der Waals surface area contributed by atoms with Gasteiger partial charge in [0.2, 0.25) is 0 Å². The van der Waals surface area contributed by atoms with E-state index in [4.69, 9.17) is 11.1 Å². The summed E-state index contributed by atoms with van der Waals surface area (Å²) in [7, 11) is 0. The summed E-state index contributed by atoms with van der Waals surface area (Å²) in [6.07, 6.45) is 1.84. The third-order valence-electron chi connectivity index (χ3n) is 1.42. The molecule has 0 aromatic carbocycles. The van der Waals surface area contributed by atoms with E-state index in [0.717, 1.165) is 12.8 Å². The lowest BCUT2D eigenvalue weighted by molar-refractivity contribution is 0.152. The molecule has 0 heterocycles. The molecule has 0 aliphatic heterocycles. The Balaban J connectivity index is 3.16. The topological polar surface area (TPSA) is 88.2 Å². The summed E-state index contributed by atoms with van der Waals surface area (Å²) in [6, 6.07) is 0. The van der Waals surface area contributed by atoms with E-state index in [0.29, 0.717) is 19.6 Å². The van der Waals surface area contributed by atoms with E-state index >= 15 is 0 Å². The van der Waals surface area contributed by atoms with E-state index < -0.39 is 0 Å². The highest BCUT2D eigenvalue weighted by Gasteiger charge is 1.98. The quantitative estimate of drug-likeness (QED) is 0.327. The second-order valence-corrected chi connectivity index (χ2v) is 2.63. The molecule has 0 saturated carbocycles. The van der Waals surface area contributed by atoms with Crippen LogP contribution in [0.5, 0.6) is 0 Å². The molecule has 5 heteroatoms. The average molecular weight is 187 g/mol. The van der Waals surface area contributed by atoms with Crippen LogP contribution < -0.4 is 11.1 Å². The first-order valence-corrected chi connectivity index (χ1v) is 4.40. The molecule has 0 aromatic heterocycles. The fraction of sp³-hybridized carbons (Fsp3) is 0.750. The summed E-state index contributed by atoms with van der Waals surface area (Å²) < 4.78 is 4.65. The Morgan fingerprint density at radius 2 is 2.23 bits per heavy atom. The summed E-state index contributed by atoms with van der Waals surface area (Å²) in [5.74, 6) is 0.191. The van der Waals surface area contributed by atoms with Gasteiger partial charge in [-0.05, 0) is 19.8 Å². The van der Waals surface area contributed by atoms with E-state index in [1.165, 1.54) is 0 Å². The van der Waals surface area contributed by atoms with E-state index in [1.807, 2.05) is 0 Å². The van der Waals surface area contributed by atoms with E-state index in [-0.39, 0.29) is 11.9 Å². The van der Waals surface area contributed by atoms with Gasteiger partial charge in [0.1, 0.15) is 0 Å². The average Bonchev–Trinajstić information content (AvgIpc) is 2.03. The first-order valence-electron chi connectivity index (χ1n) is 4.40. The molecular formula is C8H17N3O2. The summed E-state index contributed by atoms with van der Waals surface area (Å²) in [4.78, 5) is 10.7.